The highest BCUT2D eigenvalue weighted by atomic mass is 35.5. The summed E-state index contributed by atoms with van der Waals surface area (Å²) in [5.74, 6) is -14.9. The maximum atomic E-state index is 16.8. The molecule has 2 saturated heterocycles. The summed E-state index contributed by atoms with van der Waals surface area (Å²) >= 11 is 6.64. The van der Waals surface area contributed by atoms with E-state index in [1.54, 1.807) is 51.3 Å². The van der Waals surface area contributed by atoms with E-state index >= 15 is 28.0 Å². The van der Waals surface area contributed by atoms with Crippen molar-refractivity contribution in [3.8, 4) is 16.9 Å². The summed E-state index contributed by atoms with van der Waals surface area (Å²) in [4.78, 5) is 223. The van der Waals surface area contributed by atoms with Crippen LogP contribution in [0.15, 0.2) is 36.9 Å². The number of aliphatic hydroxyl groups is 1. The van der Waals surface area contributed by atoms with Gasteiger partial charge in [-0.2, -0.15) is 4.98 Å². The Bertz CT molecular complexity index is 4320. The highest BCUT2D eigenvalue weighted by molar-refractivity contribution is 6.34. The summed E-state index contributed by atoms with van der Waals surface area (Å²) < 4.78 is 32.0. The third-order valence-corrected chi connectivity index (χ3v) is 23.3. The van der Waals surface area contributed by atoms with Gasteiger partial charge < -0.3 is 91.5 Å². The van der Waals surface area contributed by atoms with E-state index in [0.717, 1.165) is 20.8 Å². The van der Waals surface area contributed by atoms with E-state index in [-0.39, 0.29) is 161 Å². The fraction of sp³-hybridized carbons (Fsp3) is 0.659. The number of rotatable bonds is 27. The topological polar surface area (TPSA) is 419 Å². The van der Waals surface area contributed by atoms with E-state index in [2.05, 4.69) is 53.8 Å². The number of aromatic hydroxyl groups is 1. The lowest BCUT2D eigenvalue weighted by molar-refractivity contribution is -0.157. The third kappa shape index (κ3) is 28.1. The Morgan fingerprint density at radius 2 is 1.08 bits per heavy atom. The summed E-state index contributed by atoms with van der Waals surface area (Å²) in [6.07, 6.45) is -0.365. The minimum Gasteiger partial charge on any atom is -0.507 e. The number of carbonyl (C=O) groups excluding carboxylic acids is 14. The quantitative estimate of drug-likeness (QED) is 0.0346. The number of likely N-dealkylation sites (N-methyl/N-ethyl adjacent to an activating group) is 7. The number of anilines is 2. The number of hydrogen-bond acceptors (Lipinski definition) is 20. The van der Waals surface area contributed by atoms with Crippen molar-refractivity contribution < 1.29 is 86.1 Å². The Kier molecular flexibility index (Phi) is 40.2. The van der Waals surface area contributed by atoms with Crippen LogP contribution in [-0.4, -0.2) is 310 Å². The van der Waals surface area contributed by atoms with Crippen molar-refractivity contribution in [3.05, 3.63) is 53.6 Å². The van der Waals surface area contributed by atoms with Gasteiger partial charge in [0.15, 0.2) is 5.82 Å². The third-order valence-electron chi connectivity index (χ3n) is 23.0. The van der Waals surface area contributed by atoms with Crippen LogP contribution in [0.1, 0.15) is 169 Å². The molecule has 37 heteroatoms. The van der Waals surface area contributed by atoms with E-state index in [1.165, 1.54) is 107 Å². The van der Waals surface area contributed by atoms with E-state index < -0.39 is 196 Å². The van der Waals surface area contributed by atoms with Gasteiger partial charge in [-0.15, -0.1) is 0 Å². The molecule has 3 aromatic rings. The summed E-state index contributed by atoms with van der Waals surface area (Å²) in [5, 5.41) is 42.6. The van der Waals surface area contributed by atoms with Gasteiger partial charge in [-0.05, 0) is 124 Å². The first kappa shape index (κ1) is 105. The van der Waals surface area contributed by atoms with Crippen molar-refractivity contribution in [1.29, 1.82) is 0 Å². The normalized spacial score (nSPS) is 22.6. The molecule has 2 fully saturated rings. The minimum atomic E-state index is -1.82. The van der Waals surface area contributed by atoms with Gasteiger partial charge in [0.2, 0.25) is 88.6 Å². The maximum Gasteiger partial charge on any atom is 0.246 e. The number of amides is 14. The molecule has 12 atom stereocenters. The molecule has 3 heterocycles. The van der Waals surface area contributed by atoms with E-state index in [1.807, 2.05) is 55.4 Å². The van der Waals surface area contributed by atoms with Crippen LogP contribution in [-0.2, 0) is 67.1 Å². The number of halogens is 3. The van der Waals surface area contributed by atoms with Gasteiger partial charge in [0, 0.05) is 119 Å². The number of fused-ring (bicyclic) bond motifs is 1. The summed E-state index contributed by atoms with van der Waals surface area (Å²) in [5.41, 5.74) is -1.20. The molecule has 34 nitrogen and oxygen atoms in total. The van der Waals surface area contributed by atoms with E-state index in [4.69, 9.17) is 11.6 Å². The lowest BCUT2D eigenvalue weighted by atomic mass is 9.90. The number of piperazine rings is 1. The second kappa shape index (κ2) is 47.8. The molecule has 0 bridgehead atoms. The monoisotopic (exact) mass is 1780 g/mol. The van der Waals surface area contributed by atoms with Crippen molar-refractivity contribution >= 4 is 117 Å². The van der Waals surface area contributed by atoms with Crippen LogP contribution < -0.4 is 42.1 Å². The highest BCUT2D eigenvalue weighted by Gasteiger charge is 2.46. The second-order valence-corrected chi connectivity index (χ2v) is 35.9. The number of aromatic nitrogens is 2. The zero-order chi connectivity index (χ0) is 94.4. The first-order chi connectivity index (χ1) is 58.4. The molecular formula is C88H137ClF2N18O16. The molecular weight excluding hydrogens is 1640 g/mol. The van der Waals surface area contributed by atoms with Crippen LogP contribution in [0.2, 0.25) is 5.02 Å². The van der Waals surface area contributed by atoms with Crippen LogP contribution >= 0.6 is 11.6 Å². The average molecular weight is 1780 g/mol. The standard InChI is InChI=1S/C88H137ClF2N18O16/c1-25-59-83(121)101(18)46-68(114)102(19)60(41-47(3)4)80(118)98-72(51(11)12)86(124)103(20)61(42-48(5)6)79(117)95-54(16)78(116)96-55(17)82(120)104(21)62(43-49(7)8)84(122)105(22)63(44-50(9)10)85(123)106(23)74(52(13)14)87(125)107(24)75(81(119)97-59)76(115)53(15)29-27-32-65(111)92-35-36-93-66(112)33-34-94-88-99-73-56(77(100-88)109-39-37-108(38-40-109)67(113)26-2)45-57(89)69(71(73)91)70-58(90)30-28-31-64(70)110/h26,28,30-31,45,47-55,59-63,72,74-76,110,115H,2,25,27,29,32-44,46H2,1,3-24H3,(H,92,111)(H,93,112)(H,95,117)(H,96,116)(H,97,119)(H,98,118)(H,94,99,100)/t53-,54+,55-,59+,60+,61+,62+,63+,72+,74+,75+,76-/m1/s1. The number of nitrogens with one attached hydrogen (secondary N) is 7. The lowest BCUT2D eigenvalue weighted by Gasteiger charge is -2.41. The zero-order valence-electron chi connectivity index (χ0n) is 77.2. The average Bonchev–Trinajstić information content (AvgIpc) is 0.746. The Morgan fingerprint density at radius 3 is 1.61 bits per heavy atom. The van der Waals surface area contributed by atoms with Gasteiger partial charge in [0.1, 0.15) is 83.3 Å². The Labute approximate surface area is 739 Å². The molecule has 9 N–H and O–H groups in total. The van der Waals surface area contributed by atoms with E-state index in [0.29, 0.717) is 0 Å². The summed E-state index contributed by atoms with van der Waals surface area (Å²) in [6, 6.07) is -8.48. The van der Waals surface area contributed by atoms with Gasteiger partial charge in [-0.25, -0.2) is 13.8 Å². The maximum absolute atomic E-state index is 16.8. The number of phenols is 1. The largest absolute Gasteiger partial charge is 0.507 e. The first-order valence-corrected chi connectivity index (χ1v) is 43.7. The number of nitrogens with zero attached hydrogens (tertiary/aromatic N) is 11. The van der Waals surface area contributed by atoms with Crippen molar-refractivity contribution in [1.82, 2.24) is 81.1 Å². The van der Waals surface area contributed by atoms with Crippen LogP contribution in [0, 0.1) is 53.1 Å². The van der Waals surface area contributed by atoms with Gasteiger partial charge in [-0.3, -0.25) is 67.1 Å². The molecule has 0 aliphatic carbocycles. The molecule has 2 aliphatic heterocycles. The molecule has 5 rings (SSSR count). The predicted octanol–water partition coefficient (Wildman–Crippen LogP) is 5.29. The fourth-order valence-electron chi connectivity index (χ4n) is 15.6. The number of hydrogen-bond donors (Lipinski definition) is 9. The van der Waals surface area contributed by atoms with E-state index in [9.17, 15) is 58.2 Å². The molecule has 2 aliphatic rings. The molecule has 0 saturated carbocycles. The molecule has 0 unspecified atom stereocenters. The van der Waals surface area contributed by atoms with Crippen molar-refractivity contribution in [3.63, 3.8) is 0 Å². The SMILES string of the molecule is C=CC(=O)N1CCN(c2nc(NCCC(=O)NCCNC(=O)CCC[C@@H](C)[C@@H](O)[C@H]3C(=O)N[C@@H](CC)C(=O)N(C)CC(=O)N(C)[C@@H](CC(C)C)C(=O)N[C@@H](C(C)C)C(=O)N(C)[C@@H](CC(C)C)C(=O)N[C@@H](C)C(=O)N[C@H](C)C(=O)N(C)[C@@H](CC(C)C)C(=O)N(C)[C@@H](CC(C)C)C(=O)N(C)[C@@H](C(C)C)C(=O)N3C)nc3c(F)c(-c4c(O)cccc4F)c(Cl)cc23)CC1. The van der Waals surface area contributed by atoms with Crippen LogP contribution in [0.5, 0.6) is 5.75 Å². The van der Waals surface area contributed by atoms with Gasteiger partial charge in [0.25, 0.3) is 0 Å². The van der Waals surface area contributed by atoms with Crippen molar-refractivity contribution in [2.24, 2.45) is 41.4 Å². The molecule has 125 heavy (non-hydrogen) atoms. The zero-order valence-corrected chi connectivity index (χ0v) is 77.9. The lowest BCUT2D eigenvalue weighted by Crippen LogP contribution is -2.63. The Morgan fingerprint density at radius 1 is 0.576 bits per heavy atom. The number of carbonyl (C=O) groups is 14. The minimum absolute atomic E-state index is 0.0236. The Hall–Kier alpha value is -10.4. The molecule has 14 amide bonds. The van der Waals surface area contributed by atoms with Crippen molar-refractivity contribution in [2.45, 2.75) is 235 Å². The van der Waals surface area contributed by atoms with Crippen LogP contribution in [0.3, 0.4) is 0 Å². The number of phenolic OH excluding ortho intramolecular Hbond substituents is 1. The van der Waals surface area contributed by atoms with Crippen LogP contribution in [0.4, 0.5) is 20.5 Å². The highest BCUT2D eigenvalue weighted by Crippen LogP contribution is 2.43. The van der Waals surface area contributed by atoms with Gasteiger partial charge >= 0.3 is 0 Å². The van der Waals surface area contributed by atoms with Gasteiger partial charge in [0.05, 0.1) is 23.2 Å². The fourth-order valence-corrected chi connectivity index (χ4v) is 15.9. The molecule has 0 radical (unpaired) electrons. The smallest absolute Gasteiger partial charge is 0.246 e. The molecule has 0 spiro atoms. The Balaban J connectivity index is 1.44. The molecule has 2 aromatic carbocycles. The number of aliphatic hydroxyl groups excluding tert-OH is 1. The first-order valence-electron chi connectivity index (χ1n) is 43.3. The molecule has 1 aromatic heterocycles. The molecule has 696 valence electrons. The van der Waals surface area contributed by atoms with Gasteiger partial charge in [-0.1, -0.05) is 121 Å². The number of benzene rings is 2. The predicted molar refractivity (Wildman–Crippen MR) is 473 cm³/mol. The summed E-state index contributed by atoms with van der Waals surface area (Å²) in [6.45, 7) is 31.3. The van der Waals surface area contributed by atoms with Crippen LogP contribution in [0.25, 0.3) is 22.0 Å². The van der Waals surface area contributed by atoms with Crippen molar-refractivity contribution in [2.75, 3.05) is 112 Å². The second-order valence-electron chi connectivity index (χ2n) is 35.5. The summed E-state index contributed by atoms with van der Waals surface area (Å²) in [7, 11) is 9.58.